The maximum Gasteiger partial charge on any atom is 0.429 e. The third-order valence-electron chi connectivity index (χ3n) is 5.83. The number of alkyl halides is 3. The molecule has 0 aliphatic heterocycles. The molecule has 0 amide bonds. The molecule has 6 aromatic rings. The Labute approximate surface area is 242 Å². The van der Waals surface area contributed by atoms with Crippen LogP contribution in [0, 0.1) is 19.9 Å². The SMILES string of the molecule is Cc1cnc(-c2[c-]cc(-c3cccc4ccccc34)cc2)c(C)n1.FC(F)(F)c1n[n-]c(-c2ccccn2)n1.[Ir]. The number of hydrogen-bond acceptors (Lipinski definition) is 5. The van der Waals surface area contributed by atoms with E-state index in [1.165, 1.54) is 28.6 Å². The van der Waals surface area contributed by atoms with Crippen molar-refractivity contribution in [3.05, 3.63) is 115 Å². The van der Waals surface area contributed by atoms with Crippen molar-refractivity contribution in [1.82, 2.24) is 30.1 Å². The van der Waals surface area contributed by atoms with Gasteiger partial charge in [0.1, 0.15) is 5.82 Å². The fourth-order valence-electron chi connectivity index (χ4n) is 4.04. The average Bonchev–Trinajstić information content (AvgIpc) is 3.45. The molecule has 0 saturated heterocycles. The third-order valence-corrected chi connectivity index (χ3v) is 5.83. The molecule has 0 atom stereocenters. The topological polar surface area (TPSA) is 78.5 Å². The summed E-state index contributed by atoms with van der Waals surface area (Å²) in [5, 5.41) is 8.75. The Morgan fingerprint density at radius 3 is 2.27 bits per heavy atom. The molecule has 3 heterocycles. The Kier molecular flexibility index (Phi) is 8.82. The summed E-state index contributed by atoms with van der Waals surface area (Å²) in [6.45, 7) is 3.94. The number of aromatic nitrogens is 6. The molecule has 40 heavy (non-hydrogen) atoms. The van der Waals surface area contributed by atoms with Gasteiger partial charge in [-0.2, -0.15) is 13.2 Å². The van der Waals surface area contributed by atoms with E-state index in [9.17, 15) is 13.2 Å². The zero-order valence-electron chi connectivity index (χ0n) is 21.3. The summed E-state index contributed by atoms with van der Waals surface area (Å²) in [5.74, 6) is -1.37. The van der Waals surface area contributed by atoms with Crippen LogP contribution in [0.4, 0.5) is 13.2 Å². The number of hydrogen-bond donors (Lipinski definition) is 0. The maximum atomic E-state index is 12.1. The molecule has 0 spiro atoms. The van der Waals surface area contributed by atoms with Crippen molar-refractivity contribution >= 4 is 10.8 Å². The Balaban J connectivity index is 0.000000200. The molecule has 0 aliphatic carbocycles. The van der Waals surface area contributed by atoms with Gasteiger partial charge in [-0.1, -0.05) is 59.7 Å². The van der Waals surface area contributed by atoms with Crippen LogP contribution in [0.15, 0.2) is 91.3 Å². The van der Waals surface area contributed by atoms with Crippen LogP contribution >= 0.6 is 0 Å². The molecule has 203 valence electrons. The maximum absolute atomic E-state index is 12.1. The van der Waals surface area contributed by atoms with Gasteiger partial charge in [0, 0.05) is 43.9 Å². The molecular weight excluding hydrogens is 694 g/mol. The largest absolute Gasteiger partial charge is 0.429 e. The predicted molar refractivity (Wildman–Crippen MR) is 142 cm³/mol. The van der Waals surface area contributed by atoms with E-state index in [2.05, 4.69) is 90.8 Å². The minimum absolute atomic E-state index is 0. The van der Waals surface area contributed by atoms with Gasteiger partial charge in [0.2, 0.25) is 0 Å². The monoisotopic (exact) mass is 715 g/mol. The van der Waals surface area contributed by atoms with Gasteiger partial charge in [0.25, 0.3) is 0 Å². The molecule has 6 rings (SSSR count). The van der Waals surface area contributed by atoms with Crippen molar-refractivity contribution in [1.29, 1.82) is 0 Å². The summed E-state index contributed by atoms with van der Waals surface area (Å²) < 4.78 is 36.4. The number of fused-ring (bicyclic) bond motifs is 1. The van der Waals surface area contributed by atoms with Crippen molar-refractivity contribution in [2.75, 3.05) is 0 Å². The fourth-order valence-corrected chi connectivity index (χ4v) is 4.04. The van der Waals surface area contributed by atoms with E-state index in [0.717, 1.165) is 28.2 Å². The van der Waals surface area contributed by atoms with Crippen LogP contribution in [0.5, 0.6) is 0 Å². The Hall–Kier alpha value is -4.27. The number of aryl methyl sites for hydroxylation is 2. The van der Waals surface area contributed by atoms with Crippen LogP contribution < -0.4 is 5.10 Å². The first-order chi connectivity index (χ1) is 18.8. The Bertz CT molecular complexity index is 1710. The van der Waals surface area contributed by atoms with Gasteiger partial charge in [-0.3, -0.25) is 15.1 Å². The average molecular weight is 715 g/mol. The van der Waals surface area contributed by atoms with Gasteiger partial charge in [0.05, 0.1) is 11.4 Å². The van der Waals surface area contributed by atoms with Crippen molar-refractivity contribution in [3.8, 4) is 33.9 Å². The number of halogens is 3. The molecule has 0 bridgehead atoms. The van der Waals surface area contributed by atoms with Gasteiger partial charge in [-0.15, -0.1) is 29.8 Å². The van der Waals surface area contributed by atoms with Crippen molar-refractivity contribution in [2.45, 2.75) is 20.0 Å². The van der Waals surface area contributed by atoms with Crippen LogP contribution in [0.1, 0.15) is 17.2 Å². The first-order valence-corrected chi connectivity index (χ1v) is 12.0. The summed E-state index contributed by atoms with van der Waals surface area (Å²) in [6.07, 6.45) is -1.33. The van der Waals surface area contributed by atoms with Crippen LogP contribution in [0.3, 0.4) is 0 Å². The smallest absolute Gasteiger partial charge is 0.413 e. The zero-order chi connectivity index (χ0) is 27.4. The van der Waals surface area contributed by atoms with Crippen molar-refractivity contribution in [3.63, 3.8) is 0 Å². The summed E-state index contributed by atoms with van der Waals surface area (Å²) in [5.41, 5.74) is 6.39. The second kappa shape index (κ2) is 12.3. The molecule has 3 aromatic heterocycles. The van der Waals surface area contributed by atoms with Crippen LogP contribution in [0.25, 0.3) is 44.7 Å². The fraction of sp³-hybridized carbons (Fsp3) is 0.100. The molecule has 0 saturated carbocycles. The van der Waals surface area contributed by atoms with E-state index in [-0.39, 0.29) is 31.6 Å². The molecule has 6 nitrogen and oxygen atoms in total. The van der Waals surface area contributed by atoms with Crippen LogP contribution in [0.2, 0.25) is 0 Å². The van der Waals surface area contributed by atoms with Gasteiger partial charge >= 0.3 is 6.18 Å². The molecule has 0 N–H and O–H groups in total. The second-order valence-corrected chi connectivity index (χ2v) is 8.63. The molecule has 0 unspecified atom stereocenters. The van der Waals surface area contributed by atoms with Gasteiger partial charge in [-0.05, 0) is 42.6 Å². The van der Waals surface area contributed by atoms with E-state index in [0.29, 0.717) is 0 Å². The molecular formula is C30H21F3IrN6-2. The first kappa shape index (κ1) is 28.7. The zero-order valence-corrected chi connectivity index (χ0v) is 23.7. The van der Waals surface area contributed by atoms with Gasteiger partial charge < -0.3 is 15.1 Å². The van der Waals surface area contributed by atoms with E-state index in [1.54, 1.807) is 18.3 Å². The quantitative estimate of drug-likeness (QED) is 0.186. The first-order valence-electron chi connectivity index (χ1n) is 12.0. The second-order valence-electron chi connectivity index (χ2n) is 8.63. The summed E-state index contributed by atoms with van der Waals surface area (Å²) >= 11 is 0. The molecule has 0 aliphatic rings. The number of benzene rings is 3. The van der Waals surface area contributed by atoms with Crippen LogP contribution in [-0.4, -0.2) is 25.0 Å². The molecule has 1 radical (unpaired) electrons. The summed E-state index contributed by atoms with van der Waals surface area (Å²) in [4.78, 5) is 16.0. The predicted octanol–water partition coefficient (Wildman–Crippen LogP) is 6.89. The Morgan fingerprint density at radius 1 is 0.825 bits per heavy atom. The normalized spacial score (nSPS) is 10.9. The minimum Gasteiger partial charge on any atom is -0.413 e. The van der Waals surface area contributed by atoms with E-state index in [1.807, 2.05) is 19.9 Å². The summed E-state index contributed by atoms with van der Waals surface area (Å²) in [7, 11) is 0. The number of pyridine rings is 1. The third kappa shape index (κ3) is 6.47. The number of nitrogens with zero attached hydrogens (tertiary/aromatic N) is 6. The standard InChI is InChI=1S/C22H17N2.C8H4F3N4.Ir/c1-15-14-23-22(16(2)24-15)19-12-10-18(11-13-19)21-9-5-7-17-6-3-4-8-20(17)21;9-8(10,11)7-13-6(14-15-7)5-3-1-2-4-12-5;/h3-12,14H,1-2H3;1-4H;/q2*-1;. The van der Waals surface area contributed by atoms with Crippen LogP contribution in [-0.2, 0) is 26.3 Å². The van der Waals surface area contributed by atoms with Gasteiger partial charge in [0.15, 0.2) is 0 Å². The molecule has 10 heteroatoms. The molecule has 3 aromatic carbocycles. The Morgan fingerprint density at radius 2 is 1.60 bits per heavy atom. The number of rotatable bonds is 3. The van der Waals surface area contributed by atoms with E-state index >= 15 is 0 Å². The van der Waals surface area contributed by atoms with E-state index < -0.39 is 12.0 Å². The van der Waals surface area contributed by atoms with E-state index in [4.69, 9.17) is 0 Å². The van der Waals surface area contributed by atoms with Crippen molar-refractivity contribution in [2.24, 2.45) is 0 Å². The summed E-state index contributed by atoms with van der Waals surface area (Å²) in [6, 6.07) is 29.3. The molecule has 0 fully saturated rings. The minimum atomic E-state index is -4.57. The van der Waals surface area contributed by atoms with Crippen molar-refractivity contribution < 1.29 is 33.3 Å². The van der Waals surface area contributed by atoms with Gasteiger partial charge in [-0.25, -0.2) is 0 Å².